The van der Waals surface area contributed by atoms with Crippen molar-refractivity contribution in [3.63, 3.8) is 0 Å². The Morgan fingerprint density at radius 2 is 1.90 bits per heavy atom. The molecule has 0 heterocycles. The standard InChI is InChI=1S/C16H18BrNO2/c1-11-3-5-14(17)8-16(11)20-10-12-4-6-15(19-2)13(7-12)9-18/h3-8H,9-10,18H2,1-2H3. The highest BCUT2D eigenvalue weighted by Gasteiger charge is 2.05. The van der Waals surface area contributed by atoms with Crippen LogP contribution < -0.4 is 15.2 Å². The first kappa shape index (κ1) is 14.9. The smallest absolute Gasteiger partial charge is 0.123 e. The van der Waals surface area contributed by atoms with Crippen LogP contribution in [0.5, 0.6) is 11.5 Å². The van der Waals surface area contributed by atoms with Gasteiger partial charge in [0.25, 0.3) is 0 Å². The molecule has 0 spiro atoms. The fourth-order valence-electron chi connectivity index (χ4n) is 1.97. The predicted octanol–water partition coefficient (Wildman–Crippen LogP) is 3.80. The summed E-state index contributed by atoms with van der Waals surface area (Å²) in [6, 6.07) is 11.9. The van der Waals surface area contributed by atoms with Crippen molar-refractivity contribution >= 4 is 15.9 Å². The molecule has 2 aromatic carbocycles. The summed E-state index contributed by atoms with van der Waals surface area (Å²) < 4.78 is 12.1. The van der Waals surface area contributed by atoms with E-state index in [2.05, 4.69) is 15.9 Å². The Morgan fingerprint density at radius 3 is 2.60 bits per heavy atom. The van der Waals surface area contributed by atoms with Gasteiger partial charge in [-0.2, -0.15) is 0 Å². The van der Waals surface area contributed by atoms with Crippen molar-refractivity contribution in [1.29, 1.82) is 0 Å². The van der Waals surface area contributed by atoms with Crippen LogP contribution in [0.25, 0.3) is 0 Å². The van der Waals surface area contributed by atoms with E-state index >= 15 is 0 Å². The second-order valence-electron chi connectivity index (χ2n) is 4.55. The van der Waals surface area contributed by atoms with Crippen molar-refractivity contribution in [3.8, 4) is 11.5 Å². The molecule has 0 radical (unpaired) electrons. The average molecular weight is 336 g/mol. The molecule has 4 heteroatoms. The van der Waals surface area contributed by atoms with Crippen LogP contribution in [0.1, 0.15) is 16.7 Å². The van der Waals surface area contributed by atoms with Gasteiger partial charge < -0.3 is 15.2 Å². The van der Waals surface area contributed by atoms with E-state index in [1.54, 1.807) is 7.11 Å². The molecule has 0 aliphatic rings. The summed E-state index contributed by atoms with van der Waals surface area (Å²) in [7, 11) is 1.65. The maximum Gasteiger partial charge on any atom is 0.123 e. The SMILES string of the molecule is COc1ccc(COc2cc(Br)ccc2C)cc1CN. The minimum absolute atomic E-state index is 0.451. The van der Waals surface area contributed by atoms with Gasteiger partial charge in [0.2, 0.25) is 0 Å². The normalized spacial score (nSPS) is 10.4. The van der Waals surface area contributed by atoms with E-state index in [1.807, 2.05) is 43.3 Å². The summed E-state index contributed by atoms with van der Waals surface area (Å²) in [6.07, 6.45) is 0. The quantitative estimate of drug-likeness (QED) is 0.903. The van der Waals surface area contributed by atoms with Gasteiger partial charge in [-0.3, -0.25) is 0 Å². The lowest BCUT2D eigenvalue weighted by atomic mass is 10.1. The van der Waals surface area contributed by atoms with Gasteiger partial charge in [-0.1, -0.05) is 28.1 Å². The molecule has 106 valence electrons. The Hall–Kier alpha value is -1.52. The fourth-order valence-corrected chi connectivity index (χ4v) is 2.31. The summed E-state index contributed by atoms with van der Waals surface area (Å²) in [5.74, 6) is 1.69. The van der Waals surface area contributed by atoms with E-state index in [-0.39, 0.29) is 0 Å². The number of aryl methyl sites for hydroxylation is 1. The molecule has 2 N–H and O–H groups in total. The van der Waals surface area contributed by atoms with Crippen LogP contribution in [0, 0.1) is 6.92 Å². The third-order valence-electron chi connectivity index (χ3n) is 3.11. The Bertz CT molecular complexity index is 599. The van der Waals surface area contributed by atoms with Crippen LogP contribution >= 0.6 is 15.9 Å². The van der Waals surface area contributed by atoms with E-state index in [1.165, 1.54) is 0 Å². The molecule has 0 unspecified atom stereocenters. The van der Waals surface area contributed by atoms with Crippen molar-refractivity contribution < 1.29 is 9.47 Å². The van der Waals surface area contributed by atoms with Gasteiger partial charge in [0.15, 0.2) is 0 Å². The highest BCUT2D eigenvalue weighted by molar-refractivity contribution is 9.10. The van der Waals surface area contributed by atoms with Crippen LogP contribution in [0.15, 0.2) is 40.9 Å². The van der Waals surface area contributed by atoms with Crippen molar-refractivity contribution in [2.75, 3.05) is 7.11 Å². The average Bonchev–Trinajstić information content (AvgIpc) is 2.47. The largest absolute Gasteiger partial charge is 0.496 e. The summed E-state index contributed by atoms with van der Waals surface area (Å²) in [5, 5.41) is 0. The van der Waals surface area contributed by atoms with Gasteiger partial charge in [0, 0.05) is 16.6 Å². The van der Waals surface area contributed by atoms with Crippen molar-refractivity contribution in [2.24, 2.45) is 5.73 Å². The molecular formula is C16H18BrNO2. The maximum atomic E-state index is 5.87. The second kappa shape index (κ2) is 6.77. The maximum absolute atomic E-state index is 5.87. The van der Waals surface area contributed by atoms with Crippen molar-refractivity contribution in [3.05, 3.63) is 57.6 Å². The highest BCUT2D eigenvalue weighted by atomic mass is 79.9. The lowest BCUT2D eigenvalue weighted by molar-refractivity contribution is 0.303. The Kier molecular flexibility index (Phi) is 5.04. The van der Waals surface area contributed by atoms with E-state index in [4.69, 9.17) is 15.2 Å². The molecule has 0 aliphatic carbocycles. The first-order valence-electron chi connectivity index (χ1n) is 6.39. The number of nitrogens with two attached hydrogens (primary N) is 1. The van der Waals surface area contributed by atoms with Gasteiger partial charge in [0.05, 0.1) is 7.11 Å². The molecule has 0 amide bonds. The van der Waals surface area contributed by atoms with Crippen LogP contribution in [0.3, 0.4) is 0 Å². The lowest BCUT2D eigenvalue weighted by Gasteiger charge is -2.12. The van der Waals surface area contributed by atoms with E-state index < -0.39 is 0 Å². The summed E-state index contributed by atoms with van der Waals surface area (Å²) in [4.78, 5) is 0. The molecule has 2 rings (SSSR count). The first-order valence-corrected chi connectivity index (χ1v) is 7.18. The Balaban J connectivity index is 2.12. The third-order valence-corrected chi connectivity index (χ3v) is 3.60. The number of hydrogen-bond acceptors (Lipinski definition) is 3. The Labute approximate surface area is 127 Å². The molecule has 0 atom stereocenters. The van der Waals surface area contributed by atoms with Gasteiger partial charge in [-0.05, 0) is 42.3 Å². The molecule has 2 aromatic rings. The second-order valence-corrected chi connectivity index (χ2v) is 5.46. The molecule has 0 saturated carbocycles. The zero-order valence-corrected chi connectivity index (χ0v) is 13.2. The van der Waals surface area contributed by atoms with Gasteiger partial charge >= 0.3 is 0 Å². The molecule has 0 saturated heterocycles. The molecule has 0 bridgehead atoms. The van der Waals surface area contributed by atoms with Gasteiger partial charge in [0.1, 0.15) is 18.1 Å². The molecule has 0 aromatic heterocycles. The summed E-state index contributed by atoms with van der Waals surface area (Å²) >= 11 is 3.45. The van der Waals surface area contributed by atoms with Crippen molar-refractivity contribution in [2.45, 2.75) is 20.1 Å². The minimum Gasteiger partial charge on any atom is -0.496 e. The third kappa shape index (κ3) is 3.52. The van der Waals surface area contributed by atoms with Crippen LogP contribution in [-0.2, 0) is 13.2 Å². The number of rotatable bonds is 5. The molecule has 3 nitrogen and oxygen atoms in total. The number of hydrogen-bond donors (Lipinski definition) is 1. The first-order chi connectivity index (χ1) is 9.63. The van der Waals surface area contributed by atoms with Crippen LogP contribution in [-0.4, -0.2) is 7.11 Å². The molecular weight excluding hydrogens is 318 g/mol. The lowest BCUT2D eigenvalue weighted by Crippen LogP contribution is -2.03. The monoisotopic (exact) mass is 335 g/mol. The topological polar surface area (TPSA) is 44.5 Å². The minimum atomic E-state index is 0.451. The Morgan fingerprint density at radius 1 is 1.10 bits per heavy atom. The molecule has 20 heavy (non-hydrogen) atoms. The van der Waals surface area contributed by atoms with Crippen LogP contribution in [0.4, 0.5) is 0 Å². The fraction of sp³-hybridized carbons (Fsp3) is 0.250. The number of benzene rings is 2. The summed E-state index contributed by atoms with van der Waals surface area (Å²) in [5.41, 5.74) is 8.89. The van der Waals surface area contributed by atoms with E-state index in [9.17, 15) is 0 Å². The van der Waals surface area contributed by atoms with Gasteiger partial charge in [-0.15, -0.1) is 0 Å². The number of ether oxygens (including phenoxy) is 2. The summed E-state index contributed by atoms with van der Waals surface area (Å²) in [6.45, 7) is 2.99. The van der Waals surface area contributed by atoms with Crippen LogP contribution in [0.2, 0.25) is 0 Å². The number of halogens is 1. The predicted molar refractivity (Wildman–Crippen MR) is 84.1 cm³/mol. The number of methoxy groups -OCH3 is 1. The zero-order valence-electron chi connectivity index (χ0n) is 11.7. The zero-order chi connectivity index (χ0) is 14.5. The van der Waals surface area contributed by atoms with E-state index in [0.29, 0.717) is 13.2 Å². The molecule has 0 fully saturated rings. The van der Waals surface area contributed by atoms with E-state index in [0.717, 1.165) is 32.7 Å². The molecule has 0 aliphatic heterocycles. The highest BCUT2D eigenvalue weighted by Crippen LogP contribution is 2.25. The van der Waals surface area contributed by atoms with Crippen molar-refractivity contribution in [1.82, 2.24) is 0 Å². The van der Waals surface area contributed by atoms with Gasteiger partial charge in [-0.25, -0.2) is 0 Å².